The molecule has 1 aromatic heterocycles. The molecule has 0 spiro atoms. The fraction of sp³-hybridized carbons (Fsp3) is 0.600. The molecule has 0 aromatic carbocycles. The number of rotatable bonds is 2. The van der Waals surface area contributed by atoms with Gasteiger partial charge in [-0.3, -0.25) is 19.1 Å². The predicted molar refractivity (Wildman–Crippen MR) is 62.7 cm³/mol. The van der Waals surface area contributed by atoms with Crippen LogP contribution in [0.25, 0.3) is 0 Å². The summed E-state index contributed by atoms with van der Waals surface area (Å²) in [4.78, 5) is 24.2. The molecule has 2 rings (SSSR count). The summed E-state index contributed by atoms with van der Waals surface area (Å²) in [6.45, 7) is -0.540. The summed E-state index contributed by atoms with van der Waals surface area (Å²) < 4.78 is 59.4. The normalized spacial score (nSPS) is 23.7. The average Bonchev–Trinajstić information content (AvgIpc) is 2.80. The Labute approximate surface area is 123 Å². The van der Waals surface area contributed by atoms with Gasteiger partial charge in [0.25, 0.3) is 5.56 Å². The average molecular weight is 354 g/mol. The minimum absolute atomic E-state index is 0. The van der Waals surface area contributed by atoms with Gasteiger partial charge < -0.3 is 14.9 Å². The highest BCUT2D eigenvalue weighted by atomic mass is 20.0. The Morgan fingerprint density at radius 2 is 1.91 bits per heavy atom. The molecule has 3 N–H and O–H groups in total. The molecule has 0 aliphatic carbocycles. The van der Waals surface area contributed by atoms with Crippen molar-refractivity contribution in [2.75, 3.05) is 6.61 Å². The fourth-order valence-corrected chi connectivity index (χ4v) is 1.95. The number of aliphatic hydroxyl groups is 2. The summed E-state index contributed by atoms with van der Waals surface area (Å²) >= 11 is 0. The van der Waals surface area contributed by atoms with Crippen LogP contribution >= 0.6 is 0 Å². The van der Waals surface area contributed by atoms with Crippen LogP contribution in [0.5, 0.6) is 0 Å². The topological polar surface area (TPSA) is 105 Å². The van der Waals surface area contributed by atoms with Crippen LogP contribution in [-0.2, 0) is 10.9 Å². The van der Waals surface area contributed by atoms with Crippen LogP contribution in [-0.4, -0.2) is 38.6 Å². The van der Waals surface area contributed by atoms with Gasteiger partial charge in [-0.15, -0.1) is 0 Å². The van der Waals surface area contributed by atoms with Gasteiger partial charge in [-0.2, -0.15) is 13.2 Å². The van der Waals surface area contributed by atoms with E-state index in [2.05, 4.69) is 0 Å². The molecular formula is C10H12F6N2O5. The van der Waals surface area contributed by atoms with Gasteiger partial charge in [0.05, 0.1) is 12.7 Å². The molecule has 1 aliphatic heterocycles. The molecule has 13 heteroatoms. The minimum Gasteiger partial charge on any atom is -0.394 e. The number of aromatic amines is 1. The Morgan fingerprint density at radius 1 is 1.35 bits per heavy atom. The van der Waals surface area contributed by atoms with E-state index in [1.54, 1.807) is 4.98 Å². The van der Waals surface area contributed by atoms with Gasteiger partial charge in [-0.1, -0.05) is 0 Å². The van der Waals surface area contributed by atoms with Crippen molar-refractivity contribution in [3.05, 3.63) is 32.6 Å². The molecule has 7 nitrogen and oxygen atoms in total. The second-order valence-corrected chi connectivity index (χ2v) is 4.32. The Kier molecular flexibility index (Phi) is 7.47. The van der Waals surface area contributed by atoms with Crippen molar-refractivity contribution >= 4 is 0 Å². The van der Waals surface area contributed by atoms with Gasteiger partial charge in [0, 0.05) is 21.8 Å². The van der Waals surface area contributed by atoms with Crippen LogP contribution in [0.15, 0.2) is 15.8 Å². The molecule has 134 valence electrons. The van der Waals surface area contributed by atoms with Crippen molar-refractivity contribution in [3.8, 4) is 0 Å². The molecule has 0 radical (unpaired) electrons. The molecule has 0 amide bonds. The maximum Gasteiger partial charge on any atom is 0.423 e. The van der Waals surface area contributed by atoms with Crippen molar-refractivity contribution in [1.29, 1.82) is 0 Å². The molecule has 3 unspecified atom stereocenters. The van der Waals surface area contributed by atoms with Crippen molar-refractivity contribution < 1.29 is 42.0 Å². The van der Waals surface area contributed by atoms with E-state index in [0.29, 0.717) is 10.8 Å². The molecular weight excluding hydrogens is 342 g/mol. The smallest absolute Gasteiger partial charge is 0.394 e. The molecule has 1 saturated heterocycles. The van der Waals surface area contributed by atoms with Crippen LogP contribution in [0.3, 0.4) is 0 Å². The molecule has 1 aliphatic rings. The van der Waals surface area contributed by atoms with Crippen LogP contribution in [0.1, 0.15) is 18.2 Å². The number of H-pyrrole nitrogens is 1. The summed E-state index contributed by atoms with van der Waals surface area (Å²) in [6, 6.07) is 0. The first-order valence-electron chi connectivity index (χ1n) is 5.75. The van der Waals surface area contributed by atoms with Crippen molar-refractivity contribution in [2.24, 2.45) is 0 Å². The molecule has 1 aromatic rings. The maximum atomic E-state index is 12.6. The quantitative estimate of drug-likeness (QED) is 0.658. The summed E-state index contributed by atoms with van der Waals surface area (Å²) in [5, 5.41) is 18.4. The van der Waals surface area contributed by atoms with Gasteiger partial charge >= 0.3 is 11.9 Å². The Hall–Kier alpha value is -1.86. The summed E-state index contributed by atoms with van der Waals surface area (Å²) in [5.74, 6) is 0. The summed E-state index contributed by atoms with van der Waals surface area (Å²) in [5.41, 5.74) is -4.17. The number of hydrogen-bond donors (Lipinski definition) is 3. The van der Waals surface area contributed by atoms with Crippen molar-refractivity contribution in [2.45, 2.75) is 31.0 Å². The monoisotopic (exact) mass is 354 g/mol. The molecule has 1 fully saturated rings. The molecule has 3 atom stereocenters. The lowest BCUT2D eigenvalue weighted by Crippen LogP contribution is -2.36. The lowest BCUT2D eigenvalue weighted by molar-refractivity contribution is -0.139. The Bertz CT molecular complexity index is 615. The van der Waals surface area contributed by atoms with Crippen LogP contribution in [0, 0.1) is 0 Å². The maximum absolute atomic E-state index is 12.6. The van der Waals surface area contributed by atoms with E-state index >= 15 is 0 Å². The first-order valence-corrected chi connectivity index (χ1v) is 5.75. The molecule has 0 saturated carbocycles. The van der Waals surface area contributed by atoms with Gasteiger partial charge in [-0.25, -0.2) is 4.79 Å². The molecule has 2 heterocycles. The number of hydrogen-bond acceptors (Lipinski definition) is 5. The van der Waals surface area contributed by atoms with E-state index in [1.165, 1.54) is 0 Å². The van der Waals surface area contributed by atoms with E-state index in [4.69, 9.17) is 19.0 Å². The highest BCUT2D eigenvalue weighted by Gasteiger charge is 2.38. The van der Waals surface area contributed by atoms with E-state index in [0.717, 1.165) is 0 Å². The molecule has 23 heavy (non-hydrogen) atoms. The number of nitrogens with zero attached hydrogens (tertiary/aromatic N) is 1. The Balaban J connectivity index is 0.00000155. The van der Waals surface area contributed by atoms with E-state index in [1.807, 2.05) is 0 Å². The number of alkyl halides is 3. The predicted octanol–water partition coefficient (Wildman–Crippen LogP) is 0.189. The van der Waals surface area contributed by atoms with Crippen molar-refractivity contribution in [3.63, 3.8) is 0 Å². The standard InChI is InChI=1S/C10H11F3N2O5.F2.FH/c11-10(12,13)4-2-15(9(19)14-8(4)18)7-1-5(17)6(3-16)20-7;1-2;/h2,5-7,16-17H,1,3H2,(H,14,18,19);;1H. The number of aliphatic hydroxyl groups excluding tert-OH is 2. The first-order chi connectivity index (χ1) is 10.2. The zero-order chi connectivity index (χ0) is 17.1. The lowest BCUT2D eigenvalue weighted by Gasteiger charge is -2.16. The van der Waals surface area contributed by atoms with E-state index in [-0.39, 0.29) is 11.1 Å². The van der Waals surface area contributed by atoms with Crippen molar-refractivity contribution in [1.82, 2.24) is 9.55 Å². The molecule has 0 bridgehead atoms. The summed E-state index contributed by atoms with van der Waals surface area (Å²) in [7, 11) is 0. The third kappa shape index (κ3) is 4.56. The third-order valence-corrected chi connectivity index (χ3v) is 2.97. The highest BCUT2D eigenvalue weighted by Crippen LogP contribution is 2.30. The number of aromatic nitrogens is 2. The second kappa shape index (κ2) is 8.12. The number of halogens is 6. The largest absolute Gasteiger partial charge is 0.423 e. The number of nitrogens with one attached hydrogen (secondary N) is 1. The fourth-order valence-electron chi connectivity index (χ4n) is 1.95. The first kappa shape index (κ1) is 21.1. The zero-order valence-corrected chi connectivity index (χ0v) is 11.1. The van der Waals surface area contributed by atoms with Gasteiger partial charge in [0.1, 0.15) is 17.9 Å². The third-order valence-electron chi connectivity index (χ3n) is 2.97. The number of ether oxygens (including phenoxy) is 1. The van der Waals surface area contributed by atoms with Crippen LogP contribution in [0.2, 0.25) is 0 Å². The van der Waals surface area contributed by atoms with Crippen LogP contribution in [0.4, 0.5) is 27.0 Å². The van der Waals surface area contributed by atoms with Gasteiger partial charge in [0.15, 0.2) is 0 Å². The second-order valence-electron chi connectivity index (χ2n) is 4.32. The summed E-state index contributed by atoms with van der Waals surface area (Å²) in [6.07, 6.45) is -8.04. The zero-order valence-electron chi connectivity index (χ0n) is 11.1. The van der Waals surface area contributed by atoms with Crippen LogP contribution < -0.4 is 11.2 Å². The van der Waals surface area contributed by atoms with E-state index < -0.39 is 48.0 Å². The SMILES string of the molecule is F.FF.O=c1[nH]c(=O)n(C2CC(O)C(CO)O2)cc1C(F)(F)F. The minimum atomic E-state index is -4.92. The lowest BCUT2D eigenvalue weighted by atomic mass is 10.2. The Morgan fingerprint density at radius 3 is 2.35 bits per heavy atom. The van der Waals surface area contributed by atoms with Gasteiger partial charge in [0.2, 0.25) is 0 Å². The van der Waals surface area contributed by atoms with Gasteiger partial charge in [-0.05, 0) is 0 Å². The highest BCUT2D eigenvalue weighted by molar-refractivity contribution is 5.09. The van der Waals surface area contributed by atoms with E-state index in [9.17, 15) is 27.9 Å².